The predicted octanol–water partition coefficient (Wildman–Crippen LogP) is 2.85. The molecule has 0 aliphatic carbocycles. The fourth-order valence-corrected chi connectivity index (χ4v) is 5.76. The fourth-order valence-electron chi connectivity index (χ4n) is 3.39. The Labute approximate surface area is 151 Å². The molecule has 1 aromatic rings. The van der Waals surface area contributed by atoms with Gasteiger partial charge in [0.1, 0.15) is 0 Å². The second-order valence-corrected chi connectivity index (χ2v) is 10.1. The molecule has 2 saturated heterocycles. The highest BCUT2D eigenvalue weighted by Gasteiger charge is 2.23. The number of hydrogen-bond acceptors (Lipinski definition) is 5. The highest BCUT2D eigenvalue weighted by atomic mass is 32.5. The van der Waals surface area contributed by atoms with Crippen LogP contribution in [0.5, 0.6) is 0 Å². The summed E-state index contributed by atoms with van der Waals surface area (Å²) in [5.41, 5.74) is 0. The van der Waals surface area contributed by atoms with Crippen LogP contribution in [0.3, 0.4) is 0 Å². The molecule has 0 aromatic heterocycles. The van der Waals surface area contributed by atoms with Gasteiger partial charge in [-0.25, -0.2) is 0 Å². The highest BCUT2D eigenvalue weighted by molar-refractivity contribution is 8.13. The topological polar surface area (TPSA) is 24.9 Å². The van der Waals surface area contributed by atoms with E-state index in [-0.39, 0.29) is 0 Å². The van der Waals surface area contributed by atoms with Gasteiger partial charge in [-0.1, -0.05) is 18.2 Å². The van der Waals surface area contributed by atoms with Crippen molar-refractivity contribution in [1.29, 1.82) is 0 Å². The maximum absolute atomic E-state index is 6.19. The van der Waals surface area contributed by atoms with Crippen molar-refractivity contribution in [3.8, 4) is 0 Å². The van der Waals surface area contributed by atoms with E-state index in [4.69, 9.17) is 20.9 Å². The minimum atomic E-state index is -2.41. The van der Waals surface area contributed by atoms with Crippen molar-refractivity contribution >= 4 is 23.6 Å². The van der Waals surface area contributed by atoms with Crippen LogP contribution in [0.25, 0.3) is 0 Å². The molecule has 0 amide bonds. The van der Waals surface area contributed by atoms with Crippen LogP contribution in [0.15, 0.2) is 30.3 Å². The zero-order valence-corrected chi connectivity index (χ0v) is 16.1. The van der Waals surface area contributed by atoms with Gasteiger partial charge in [0.15, 0.2) is 0 Å². The molecular formula is C18H29N2O2PS. The quantitative estimate of drug-likeness (QED) is 0.624. The first-order valence-electron chi connectivity index (χ1n) is 9.16. The van der Waals surface area contributed by atoms with Crippen molar-refractivity contribution in [3.63, 3.8) is 0 Å². The number of nitrogens with zero attached hydrogens (tertiary/aromatic N) is 2. The summed E-state index contributed by atoms with van der Waals surface area (Å²) in [4.78, 5) is 4.91. The maximum atomic E-state index is 6.19. The van der Waals surface area contributed by atoms with Gasteiger partial charge < -0.3 is 18.8 Å². The summed E-state index contributed by atoms with van der Waals surface area (Å²) >= 11 is 5.88. The second-order valence-electron chi connectivity index (χ2n) is 6.60. The first kappa shape index (κ1) is 18.5. The van der Waals surface area contributed by atoms with Crippen molar-refractivity contribution in [3.05, 3.63) is 30.3 Å². The molecule has 2 aliphatic rings. The molecular weight excluding hydrogens is 339 g/mol. The van der Waals surface area contributed by atoms with Crippen LogP contribution in [0, 0.1) is 0 Å². The molecule has 1 aromatic carbocycles. The van der Waals surface area contributed by atoms with E-state index in [1.807, 2.05) is 30.3 Å². The Morgan fingerprint density at radius 1 is 0.792 bits per heavy atom. The molecule has 3 rings (SSSR count). The molecule has 0 atom stereocenters. The first-order chi connectivity index (χ1) is 11.8. The first-order valence-corrected chi connectivity index (χ1v) is 11.8. The van der Waals surface area contributed by atoms with Gasteiger partial charge in [-0.2, -0.15) is 0 Å². The van der Waals surface area contributed by atoms with Gasteiger partial charge in [-0.05, 0) is 75.8 Å². The van der Waals surface area contributed by atoms with Gasteiger partial charge in [-0.3, -0.25) is 0 Å². The third kappa shape index (κ3) is 5.35. The van der Waals surface area contributed by atoms with Gasteiger partial charge in [0.2, 0.25) is 6.49 Å². The number of likely N-dealkylation sites (tertiary alicyclic amines) is 2. The van der Waals surface area contributed by atoms with E-state index >= 15 is 0 Å². The third-order valence-electron chi connectivity index (χ3n) is 4.81. The summed E-state index contributed by atoms with van der Waals surface area (Å²) in [7, 11) is 0. The van der Waals surface area contributed by atoms with E-state index in [1.165, 1.54) is 51.9 Å². The summed E-state index contributed by atoms with van der Waals surface area (Å²) in [6.07, 6.45) is 5.22. The van der Waals surface area contributed by atoms with E-state index < -0.39 is 6.49 Å². The largest absolute Gasteiger partial charge is 0.325 e. The Morgan fingerprint density at radius 2 is 1.25 bits per heavy atom. The number of benzene rings is 1. The average Bonchev–Trinajstić information content (AvgIpc) is 3.30. The Bertz CT molecular complexity index is 505. The SMILES string of the molecule is S=P(OCCN1CCCC1)(OCCN1CCCC1)c1ccccc1. The van der Waals surface area contributed by atoms with Crippen molar-refractivity contribution in [2.45, 2.75) is 25.7 Å². The summed E-state index contributed by atoms with van der Waals surface area (Å²) < 4.78 is 12.4. The number of hydrogen-bond donors (Lipinski definition) is 0. The van der Waals surface area contributed by atoms with Crippen molar-refractivity contribution in [2.24, 2.45) is 0 Å². The minimum absolute atomic E-state index is 0.663. The Balaban J connectivity index is 1.54. The predicted molar refractivity (Wildman–Crippen MR) is 104 cm³/mol. The fraction of sp³-hybridized carbons (Fsp3) is 0.667. The lowest BCUT2D eigenvalue weighted by atomic mass is 10.4. The zero-order valence-electron chi connectivity index (χ0n) is 14.4. The van der Waals surface area contributed by atoms with Crippen LogP contribution in [-0.2, 0) is 20.9 Å². The molecule has 134 valence electrons. The molecule has 24 heavy (non-hydrogen) atoms. The molecule has 2 aliphatic heterocycles. The maximum Gasteiger partial charge on any atom is 0.219 e. The Hall–Kier alpha value is -0.290. The van der Waals surface area contributed by atoms with Crippen molar-refractivity contribution < 1.29 is 9.05 Å². The standard InChI is InChI=1S/C18H29N2O2PS/c24-23(18-8-2-1-3-9-18,21-16-14-19-10-4-5-11-19)22-17-15-20-12-6-7-13-20/h1-3,8-9H,4-7,10-17H2. The lowest BCUT2D eigenvalue weighted by Crippen LogP contribution is -2.26. The van der Waals surface area contributed by atoms with Gasteiger partial charge in [0.25, 0.3) is 0 Å². The summed E-state index contributed by atoms with van der Waals surface area (Å²) in [5, 5.41) is 1.03. The van der Waals surface area contributed by atoms with Crippen LogP contribution in [0.2, 0.25) is 0 Å². The highest BCUT2D eigenvalue weighted by Crippen LogP contribution is 2.47. The van der Waals surface area contributed by atoms with E-state index in [9.17, 15) is 0 Å². The van der Waals surface area contributed by atoms with Crippen LogP contribution in [0.1, 0.15) is 25.7 Å². The number of rotatable bonds is 9. The summed E-state index contributed by atoms with van der Waals surface area (Å²) in [5.74, 6) is 0. The molecule has 0 N–H and O–H groups in total. The molecule has 6 heteroatoms. The molecule has 2 fully saturated rings. The van der Waals surface area contributed by atoms with Crippen LogP contribution < -0.4 is 5.30 Å². The summed E-state index contributed by atoms with van der Waals surface area (Å²) in [6, 6.07) is 10.1. The Kier molecular flexibility index (Phi) is 7.26. The molecule has 0 bridgehead atoms. The van der Waals surface area contributed by atoms with Gasteiger partial charge in [0.05, 0.1) is 13.2 Å². The van der Waals surface area contributed by atoms with Crippen LogP contribution in [-0.4, -0.2) is 62.3 Å². The van der Waals surface area contributed by atoms with E-state index in [0.29, 0.717) is 13.2 Å². The molecule has 0 saturated carbocycles. The molecule has 2 heterocycles. The van der Waals surface area contributed by atoms with Gasteiger partial charge in [0, 0.05) is 18.4 Å². The van der Waals surface area contributed by atoms with Gasteiger partial charge in [-0.15, -0.1) is 0 Å². The average molecular weight is 368 g/mol. The lowest BCUT2D eigenvalue weighted by molar-refractivity contribution is 0.198. The monoisotopic (exact) mass is 368 g/mol. The molecule has 0 spiro atoms. The van der Waals surface area contributed by atoms with Gasteiger partial charge >= 0.3 is 0 Å². The van der Waals surface area contributed by atoms with Crippen LogP contribution >= 0.6 is 6.49 Å². The summed E-state index contributed by atoms with van der Waals surface area (Å²) in [6.45, 7) is 5.59. The second kappa shape index (κ2) is 9.42. The zero-order chi connectivity index (χ0) is 16.7. The van der Waals surface area contributed by atoms with E-state index in [2.05, 4.69) is 9.80 Å². The lowest BCUT2D eigenvalue weighted by Gasteiger charge is -2.25. The minimum Gasteiger partial charge on any atom is -0.325 e. The van der Waals surface area contributed by atoms with E-state index in [1.54, 1.807) is 0 Å². The Morgan fingerprint density at radius 3 is 1.71 bits per heavy atom. The van der Waals surface area contributed by atoms with Crippen molar-refractivity contribution in [2.75, 3.05) is 52.5 Å². The smallest absolute Gasteiger partial charge is 0.219 e. The molecule has 0 unspecified atom stereocenters. The molecule has 0 radical (unpaired) electrons. The van der Waals surface area contributed by atoms with Crippen molar-refractivity contribution in [1.82, 2.24) is 9.80 Å². The molecule has 4 nitrogen and oxygen atoms in total. The third-order valence-corrected chi connectivity index (χ3v) is 8.05. The normalized spacial score (nSPS) is 20.0. The van der Waals surface area contributed by atoms with E-state index in [0.717, 1.165) is 18.4 Å². The van der Waals surface area contributed by atoms with Crippen LogP contribution in [0.4, 0.5) is 0 Å².